The molecule has 14 heteroatoms. The summed E-state index contributed by atoms with van der Waals surface area (Å²) in [6.45, 7) is 3.77. The number of pyridine rings is 1. The topological polar surface area (TPSA) is 147 Å². The maximum absolute atomic E-state index is 12.5. The number of carbonyl (C=O) groups is 2. The van der Waals surface area contributed by atoms with Crippen LogP contribution < -0.4 is 20.9 Å². The Morgan fingerprint density at radius 2 is 1.95 bits per heavy atom. The molecule has 1 aromatic carbocycles. The Balaban J connectivity index is 1.03. The summed E-state index contributed by atoms with van der Waals surface area (Å²) in [6.07, 6.45) is 6.65. The smallest absolute Gasteiger partial charge is 0.235 e. The molecule has 0 spiro atoms. The normalized spacial score (nSPS) is 20.9. The Kier molecular flexibility index (Phi) is 6.80. The van der Waals surface area contributed by atoms with E-state index in [1.165, 1.54) is 6.33 Å². The number of fused-ring (bicyclic) bond motifs is 2. The number of amides is 2. The molecule has 2 aliphatic heterocycles. The van der Waals surface area contributed by atoms with E-state index in [1.54, 1.807) is 15.4 Å². The van der Waals surface area contributed by atoms with E-state index in [2.05, 4.69) is 54.0 Å². The monoisotopic (exact) mass is 599 g/mol. The lowest BCUT2D eigenvalue weighted by Gasteiger charge is -2.37. The van der Waals surface area contributed by atoms with E-state index in [0.29, 0.717) is 41.2 Å². The van der Waals surface area contributed by atoms with E-state index >= 15 is 0 Å². The molecule has 3 N–H and O–H groups in total. The van der Waals surface area contributed by atoms with Crippen LogP contribution in [0.4, 0.5) is 23.1 Å². The van der Waals surface area contributed by atoms with Gasteiger partial charge in [0.25, 0.3) is 0 Å². The van der Waals surface area contributed by atoms with Gasteiger partial charge in [-0.25, -0.2) is 14.5 Å². The van der Waals surface area contributed by atoms with Crippen LogP contribution in [-0.4, -0.2) is 65.3 Å². The van der Waals surface area contributed by atoms with Crippen molar-refractivity contribution in [2.75, 3.05) is 28.6 Å². The quantitative estimate of drug-likeness (QED) is 0.247. The number of rotatable bonds is 6. The molecule has 2 saturated heterocycles. The van der Waals surface area contributed by atoms with Gasteiger partial charge in [0, 0.05) is 43.7 Å². The third-order valence-electron chi connectivity index (χ3n) is 8.26. The molecule has 6 heterocycles. The number of aromatic nitrogens is 7. The fraction of sp³-hybridized carbons (Fsp3) is 0.345. The Labute approximate surface area is 251 Å². The summed E-state index contributed by atoms with van der Waals surface area (Å²) in [6, 6.07) is 10.1. The molecule has 2 aliphatic rings. The molecule has 0 saturated carbocycles. The van der Waals surface area contributed by atoms with Crippen molar-refractivity contribution in [3.05, 3.63) is 59.8 Å². The van der Waals surface area contributed by atoms with E-state index in [-0.39, 0.29) is 17.9 Å². The molecule has 13 nitrogen and oxygen atoms in total. The largest absolute Gasteiger partial charge is 0.382 e. The molecule has 2 fully saturated rings. The second-order valence-electron chi connectivity index (χ2n) is 11.2. The third kappa shape index (κ3) is 5.20. The number of anilines is 4. The zero-order valence-electron chi connectivity index (χ0n) is 23.7. The molecule has 0 radical (unpaired) electrons. The number of hydrogen-bond donors (Lipinski definition) is 3. The van der Waals surface area contributed by atoms with E-state index in [4.69, 9.17) is 16.6 Å². The fourth-order valence-corrected chi connectivity index (χ4v) is 6.11. The molecular weight excluding hydrogens is 570 g/mol. The molecule has 7 rings (SSSR count). The molecule has 43 heavy (non-hydrogen) atoms. The number of carbonyl (C=O) groups excluding carboxylic acids is 2. The van der Waals surface area contributed by atoms with Crippen LogP contribution in [0.3, 0.4) is 0 Å². The Morgan fingerprint density at radius 1 is 1.09 bits per heavy atom. The van der Waals surface area contributed by atoms with Crippen LogP contribution in [0.1, 0.15) is 37.8 Å². The zero-order chi connectivity index (χ0) is 29.7. The molecule has 3 atom stereocenters. The SMILES string of the molecule is C[C@@H]1CN(c2ncc(Cl)c(Nc3ccc4ncnn4c3)n2)CC[C@H]1Nc1ccc2c(C3CCC(=O)NC3=O)nn(C)c2c1. The van der Waals surface area contributed by atoms with Gasteiger partial charge in [-0.05, 0) is 49.1 Å². The van der Waals surface area contributed by atoms with Crippen LogP contribution in [0.25, 0.3) is 16.6 Å². The standard InChI is InChI=1S/C29H30ClN11O2/c1-16-13-40(29-31-12-21(30)27(37-29)35-18-4-7-24-32-15-33-41(24)14-18)10-9-22(16)34-17-3-5-19-23(11-17)39(2)38-26(19)20-6-8-25(42)36-28(20)43/h3-5,7,11-12,14-16,20,22,34H,6,8-10,13H2,1-2H3,(H,31,35,37)(H,36,42,43)/t16-,20?,22-/m1/s1. The minimum atomic E-state index is -0.423. The van der Waals surface area contributed by atoms with Crippen LogP contribution in [0, 0.1) is 5.92 Å². The first kappa shape index (κ1) is 27.1. The van der Waals surface area contributed by atoms with Gasteiger partial charge >= 0.3 is 0 Å². The predicted octanol–water partition coefficient (Wildman–Crippen LogP) is 3.65. The number of imide groups is 1. The number of hydrogen-bond acceptors (Lipinski definition) is 10. The predicted molar refractivity (Wildman–Crippen MR) is 163 cm³/mol. The first-order valence-electron chi connectivity index (χ1n) is 14.2. The molecule has 0 aliphatic carbocycles. The van der Waals surface area contributed by atoms with Gasteiger partial charge in [-0.2, -0.15) is 15.2 Å². The van der Waals surface area contributed by atoms with Crippen LogP contribution in [0.15, 0.2) is 49.1 Å². The van der Waals surface area contributed by atoms with Crippen molar-refractivity contribution in [2.24, 2.45) is 13.0 Å². The van der Waals surface area contributed by atoms with Gasteiger partial charge in [0.05, 0.1) is 35.2 Å². The van der Waals surface area contributed by atoms with Gasteiger partial charge < -0.3 is 15.5 Å². The Hall–Kier alpha value is -4.78. The van der Waals surface area contributed by atoms with Crippen molar-refractivity contribution in [1.82, 2.24) is 39.7 Å². The fourth-order valence-electron chi connectivity index (χ4n) is 5.97. The average Bonchev–Trinajstić information content (AvgIpc) is 3.59. The number of nitrogens with zero attached hydrogens (tertiary/aromatic N) is 8. The lowest BCUT2D eigenvalue weighted by Crippen LogP contribution is -2.46. The van der Waals surface area contributed by atoms with E-state index in [1.807, 2.05) is 37.5 Å². The van der Waals surface area contributed by atoms with Crippen molar-refractivity contribution in [2.45, 2.75) is 38.1 Å². The average molecular weight is 600 g/mol. The summed E-state index contributed by atoms with van der Waals surface area (Å²) in [5, 5.41) is 19.6. The summed E-state index contributed by atoms with van der Waals surface area (Å²) >= 11 is 6.45. The molecular formula is C29H30ClN11O2. The molecule has 0 bridgehead atoms. The van der Waals surface area contributed by atoms with Gasteiger partial charge in [0.15, 0.2) is 11.5 Å². The minimum Gasteiger partial charge on any atom is -0.382 e. The zero-order valence-corrected chi connectivity index (χ0v) is 24.4. The van der Waals surface area contributed by atoms with Gasteiger partial charge in [-0.3, -0.25) is 19.6 Å². The molecule has 220 valence electrons. The van der Waals surface area contributed by atoms with E-state index in [0.717, 1.165) is 47.4 Å². The number of piperidine rings is 2. The number of aryl methyl sites for hydroxylation is 1. The second-order valence-corrected chi connectivity index (χ2v) is 11.6. The van der Waals surface area contributed by atoms with Crippen LogP contribution in [0.2, 0.25) is 5.02 Å². The van der Waals surface area contributed by atoms with Crippen molar-refractivity contribution in [3.8, 4) is 0 Å². The first-order valence-corrected chi connectivity index (χ1v) is 14.6. The highest BCUT2D eigenvalue weighted by Crippen LogP contribution is 2.33. The van der Waals surface area contributed by atoms with Gasteiger partial charge in [-0.1, -0.05) is 18.5 Å². The molecule has 2 amide bonds. The molecule has 4 aromatic heterocycles. The van der Waals surface area contributed by atoms with Crippen LogP contribution >= 0.6 is 11.6 Å². The second kappa shape index (κ2) is 10.8. The third-order valence-corrected chi connectivity index (χ3v) is 8.53. The van der Waals surface area contributed by atoms with Gasteiger partial charge in [0.1, 0.15) is 11.3 Å². The van der Waals surface area contributed by atoms with Crippen molar-refractivity contribution >= 4 is 63.1 Å². The first-order chi connectivity index (χ1) is 20.8. The maximum atomic E-state index is 12.5. The van der Waals surface area contributed by atoms with Gasteiger partial charge in [0.2, 0.25) is 17.8 Å². The molecule has 1 unspecified atom stereocenters. The summed E-state index contributed by atoms with van der Waals surface area (Å²) in [4.78, 5) is 39.7. The Bertz CT molecular complexity index is 1870. The van der Waals surface area contributed by atoms with Crippen molar-refractivity contribution < 1.29 is 9.59 Å². The number of benzene rings is 1. The highest BCUT2D eigenvalue weighted by Gasteiger charge is 2.32. The van der Waals surface area contributed by atoms with Gasteiger partial charge in [-0.15, -0.1) is 0 Å². The van der Waals surface area contributed by atoms with Crippen LogP contribution in [-0.2, 0) is 16.6 Å². The number of nitrogens with one attached hydrogen (secondary N) is 3. The highest BCUT2D eigenvalue weighted by molar-refractivity contribution is 6.32. The summed E-state index contributed by atoms with van der Waals surface area (Å²) in [7, 11) is 1.88. The number of halogens is 1. The van der Waals surface area contributed by atoms with Crippen molar-refractivity contribution in [3.63, 3.8) is 0 Å². The Morgan fingerprint density at radius 3 is 2.79 bits per heavy atom. The molecule has 5 aromatic rings. The summed E-state index contributed by atoms with van der Waals surface area (Å²) in [5.41, 5.74) is 4.19. The lowest BCUT2D eigenvalue weighted by atomic mass is 9.92. The van der Waals surface area contributed by atoms with E-state index < -0.39 is 5.92 Å². The minimum absolute atomic E-state index is 0.227. The highest BCUT2D eigenvalue weighted by atomic mass is 35.5. The lowest BCUT2D eigenvalue weighted by molar-refractivity contribution is -0.134. The summed E-state index contributed by atoms with van der Waals surface area (Å²) in [5.74, 6) is 0.527. The van der Waals surface area contributed by atoms with E-state index in [9.17, 15) is 9.59 Å². The van der Waals surface area contributed by atoms with Crippen molar-refractivity contribution in [1.29, 1.82) is 0 Å². The summed E-state index contributed by atoms with van der Waals surface area (Å²) < 4.78 is 3.49. The van der Waals surface area contributed by atoms with Crippen LogP contribution in [0.5, 0.6) is 0 Å². The maximum Gasteiger partial charge on any atom is 0.235 e.